The van der Waals surface area contributed by atoms with Crippen LogP contribution in [0.3, 0.4) is 0 Å². The maximum absolute atomic E-state index is 12.1. The van der Waals surface area contributed by atoms with E-state index in [9.17, 15) is 18.3 Å². The van der Waals surface area contributed by atoms with Gasteiger partial charge in [-0.15, -0.1) is 13.2 Å². The van der Waals surface area contributed by atoms with Crippen molar-refractivity contribution >= 4 is 0 Å². The number of rotatable bonds is 3. The molecule has 1 aromatic carbocycles. The van der Waals surface area contributed by atoms with Crippen molar-refractivity contribution in [2.45, 2.75) is 31.9 Å². The summed E-state index contributed by atoms with van der Waals surface area (Å²) in [5.41, 5.74) is 0.407. The third kappa shape index (κ3) is 3.61. The molecular weight excluding hydrogens is 261 g/mol. The van der Waals surface area contributed by atoms with Gasteiger partial charge >= 0.3 is 6.36 Å². The van der Waals surface area contributed by atoms with Crippen molar-refractivity contribution in [1.82, 2.24) is 0 Å². The Labute approximate surface area is 108 Å². The largest absolute Gasteiger partial charge is 0.573 e. The first-order valence-electron chi connectivity index (χ1n) is 6.02. The fraction of sp³-hybridized carbons (Fsp3) is 0.538. The van der Waals surface area contributed by atoms with Gasteiger partial charge in [0.1, 0.15) is 5.75 Å². The Balaban J connectivity index is 2.14. The number of hydrogen-bond donors (Lipinski definition) is 1. The van der Waals surface area contributed by atoms with Crippen molar-refractivity contribution in [2.75, 3.05) is 6.61 Å². The Morgan fingerprint density at radius 3 is 2.74 bits per heavy atom. The van der Waals surface area contributed by atoms with Crippen LogP contribution in [0, 0.1) is 5.92 Å². The van der Waals surface area contributed by atoms with Crippen LogP contribution < -0.4 is 4.74 Å². The van der Waals surface area contributed by atoms with Gasteiger partial charge in [0, 0.05) is 12.5 Å². The van der Waals surface area contributed by atoms with E-state index in [0.717, 1.165) is 0 Å². The number of alkyl halides is 3. The van der Waals surface area contributed by atoms with Crippen molar-refractivity contribution in [2.24, 2.45) is 5.92 Å². The molecular formula is C13H15F3O3. The molecule has 1 fully saturated rings. The molecule has 6 heteroatoms. The molecule has 3 unspecified atom stereocenters. The summed E-state index contributed by atoms with van der Waals surface area (Å²) in [7, 11) is 0. The van der Waals surface area contributed by atoms with Crippen molar-refractivity contribution < 1.29 is 27.8 Å². The molecule has 19 heavy (non-hydrogen) atoms. The third-order valence-electron chi connectivity index (χ3n) is 3.27. The van der Waals surface area contributed by atoms with Crippen molar-refractivity contribution in [3.63, 3.8) is 0 Å². The molecule has 0 radical (unpaired) electrons. The lowest BCUT2D eigenvalue weighted by molar-refractivity contribution is -0.274. The Morgan fingerprint density at radius 2 is 2.16 bits per heavy atom. The number of ether oxygens (including phenoxy) is 2. The number of hydrogen-bond acceptors (Lipinski definition) is 3. The van der Waals surface area contributed by atoms with Gasteiger partial charge in [-0.05, 0) is 31.0 Å². The van der Waals surface area contributed by atoms with Gasteiger partial charge in [0.05, 0.1) is 12.2 Å². The van der Waals surface area contributed by atoms with Crippen LogP contribution in [0.1, 0.15) is 25.0 Å². The van der Waals surface area contributed by atoms with Gasteiger partial charge in [-0.2, -0.15) is 0 Å². The van der Waals surface area contributed by atoms with Gasteiger partial charge in [0.15, 0.2) is 0 Å². The lowest BCUT2D eigenvalue weighted by Gasteiger charge is -2.21. The average Bonchev–Trinajstić information content (AvgIpc) is 2.72. The highest BCUT2D eigenvalue weighted by atomic mass is 19.4. The second kappa shape index (κ2) is 5.38. The summed E-state index contributed by atoms with van der Waals surface area (Å²) < 4.78 is 45.6. The Kier molecular flexibility index (Phi) is 4.01. The molecule has 1 aromatic rings. The van der Waals surface area contributed by atoms with Gasteiger partial charge in [0.25, 0.3) is 0 Å². The molecule has 3 atom stereocenters. The molecule has 2 rings (SSSR count). The van der Waals surface area contributed by atoms with Crippen molar-refractivity contribution in [3.8, 4) is 5.75 Å². The summed E-state index contributed by atoms with van der Waals surface area (Å²) in [6, 6.07) is 5.43. The van der Waals surface area contributed by atoms with Crippen molar-refractivity contribution in [1.29, 1.82) is 0 Å². The van der Waals surface area contributed by atoms with E-state index in [1.807, 2.05) is 6.92 Å². The number of aliphatic hydroxyl groups is 1. The minimum atomic E-state index is -4.73. The van der Waals surface area contributed by atoms with Gasteiger partial charge in [-0.1, -0.05) is 12.1 Å². The molecule has 1 saturated heterocycles. The van der Waals surface area contributed by atoms with Gasteiger partial charge < -0.3 is 14.6 Å². The zero-order chi connectivity index (χ0) is 14.0. The third-order valence-corrected chi connectivity index (χ3v) is 3.27. The molecule has 106 valence electrons. The van der Waals surface area contributed by atoms with E-state index < -0.39 is 12.5 Å². The van der Waals surface area contributed by atoms with E-state index in [0.29, 0.717) is 18.6 Å². The Morgan fingerprint density at radius 1 is 1.42 bits per heavy atom. The Bertz CT molecular complexity index is 433. The number of benzene rings is 1. The van der Waals surface area contributed by atoms with Crippen LogP contribution in [-0.2, 0) is 4.74 Å². The minimum Gasteiger partial charge on any atom is -0.406 e. The molecule has 0 aliphatic carbocycles. The van der Waals surface area contributed by atoms with E-state index in [-0.39, 0.29) is 17.8 Å². The molecule has 0 spiro atoms. The van der Waals surface area contributed by atoms with Crippen LogP contribution in [0.5, 0.6) is 5.75 Å². The minimum absolute atomic E-state index is 0.109. The monoisotopic (exact) mass is 276 g/mol. The van der Waals surface area contributed by atoms with Gasteiger partial charge in [-0.25, -0.2) is 0 Å². The van der Waals surface area contributed by atoms with E-state index in [1.165, 1.54) is 18.2 Å². The lowest BCUT2D eigenvalue weighted by atomic mass is 9.91. The number of halogens is 3. The van der Waals surface area contributed by atoms with Crippen LogP contribution in [0.15, 0.2) is 24.3 Å². The quantitative estimate of drug-likeness (QED) is 0.922. The topological polar surface area (TPSA) is 38.7 Å². The zero-order valence-electron chi connectivity index (χ0n) is 10.4. The summed E-state index contributed by atoms with van der Waals surface area (Å²) in [4.78, 5) is 0. The summed E-state index contributed by atoms with van der Waals surface area (Å²) >= 11 is 0. The predicted molar refractivity (Wildman–Crippen MR) is 61.6 cm³/mol. The molecule has 1 heterocycles. The van der Waals surface area contributed by atoms with Crippen LogP contribution in [0.25, 0.3) is 0 Å². The zero-order valence-corrected chi connectivity index (χ0v) is 10.4. The first-order valence-corrected chi connectivity index (χ1v) is 6.02. The average molecular weight is 276 g/mol. The number of aliphatic hydroxyl groups excluding tert-OH is 1. The molecule has 0 amide bonds. The smallest absolute Gasteiger partial charge is 0.406 e. The summed E-state index contributed by atoms with van der Waals surface area (Å²) in [6.07, 6.45) is -5.00. The molecule has 1 aliphatic rings. The first-order chi connectivity index (χ1) is 8.87. The standard InChI is InChI=1S/C13H15F3O3/c1-8-11(5-6-18-8)12(17)9-3-2-4-10(7-9)19-13(14,15)16/h2-4,7-8,11-12,17H,5-6H2,1H3. The van der Waals surface area contributed by atoms with E-state index >= 15 is 0 Å². The SMILES string of the molecule is CC1OCCC1C(O)c1cccc(OC(F)(F)F)c1. The summed E-state index contributed by atoms with van der Waals surface area (Å²) in [6.45, 7) is 2.40. The fourth-order valence-electron chi connectivity index (χ4n) is 2.31. The Hall–Kier alpha value is -1.27. The highest BCUT2D eigenvalue weighted by molar-refractivity contribution is 5.30. The van der Waals surface area contributed by atoms with Crippen LogP contribution in [-0.4, -0.2) is 24.2 Å². The normalized spacial score (nSPS) is 25.3. The van der Waals surface area contributed by atoms with E-state index in [2.05, 4.69) is 4.74 Å². The van der Waals surface area contributed by atoms with Crippen LogP contribution >= 0.6 is 0 Å². The molecule has 0 saturated carbocycles. The highest BCUT2D eigenvalue weighted by Gasteiger charge is 2.33. The summed E-state index contributed by atoms with van der Waals surface area (Å²) in [5, 5.41) is 10.2. The maximum atomic E-state index is 12.1. The van der Waals surface area contributed by atoms with Gasteiger partial charge in [-0.3, -0.25) is 0 Å². The second-order valence-corrected chi connectivity index (χ2v) is 4.59. The highest BCUT2D eigenvalue weighted by Crippen LogP contribution is 2.34. The maximum Gasteiger partial charge on any atom is 0.573 e. The fourth-order valence-corrected chi connectivity index (χ4v) is 2.31. The second-order valence-electron chi connectivity index (χ2n) is 4.59. The van der Waals surface area contributed by atoms with Crippen molar-refractivity contribution in [3.05, 3.63) is 29.8 Å². The van der Waals surface area contributed by atoms with E-state index in [1.54, 1.807) is 6.07 Å². The van der Waals surface area contributed by atoms with Gasteiger partial charge in [0.2, 0.25) is 0 Å². The lowest BCUT2D eigenvalue weighted by Crippen LogP contribution is -2.20. The first kappa shape index (κ1) is 14.1. The van der Waals surface area contributed by atoms with E-state index in [4.69, 9.17) is 4.74 Å². The molecule has 3 nitrogen and oxygen atoms in total. The molecule has 1 aliphatic heterocycles. The molecule has 0 aromatic heterocycles. The molecule has 1 N–H and O–H groups in total. The summed E-state index contributed by atoms with van der Waals surface area (Å²) in [5.74, 6) is -0.434. The molecule has 0 bridgehead atoms. The predicted octanol–water partition coefficient (Wildman–Crippen LogP) is 3.04. The van der Waals surface area contributed by atoms with Crippen LogP contribution in [0.4, 0.5) is 13.2 Å². The van der Waals surface area contributed by atoms with Crippen LogP contribution in [0.2, 0.25) is 0 Å².